The van der Waals surface area contributed by atoms with Crippen LogP contribution in [0.15, 0.2) is 30.3 Å². The third-order valence-electron chi connectivity index (χ3n) is 2.44. The summed E-state index contributed by atoms with van der Waals surface area (Å²) in [7, 11) is 0. The molecule has 3 nitrogen and oxygen atoms in total. The first-order valence-corrected chi connectivity index (χ1v) is 5.41. The molecule has 0 heterocycles. The van der Waals surface area contributed by atoms with Crippen molar-refractivity contribution in [3.05, 3.63) is 35.9 Å². The van der Waals surface area contributed by atoms with Gasteiger partial charge in [0.15, 0.2) is 0 Å². The van der Waals surface area contributed by atoms with E-state index < -0.39 is 6.04 Å². The monoisotopic (exact) mass is 219 g/mol. The van der Waals surface area contributed by atoms with Crippen molar-refractivity contribution < 1.29 is 9.59 Å². The van der Waals surface area contributed by atoms with Crippen molar-refractivity contribution in [1.29, 1.82) is 0 Å². The fraction of sp³-hybridized carbons (Fsp3) is 0.385. The maximum atomic E-state index is 11.6. The molecule has 0 unspecified atom stereocenters. The predicted octanol–water partition coefficient (Wildman–Crippen LogP) is 1.49. The highest BCUT2D eigenvalue weighted by molar-refractivity contribution is 5.88. The van der Waals surface area contributed by atoms with Gasteiger partial charge in [-0.05, 0) is 18.9 Å². The molecule has 0 saturated heterocycles. The number of hydrogen-bond acceptors (Lipinski definition) is 3. The van der Waals surface area contributed by atoms with Gasteiger partial charge in [0, 0.05) is 12.8 Å². The normalized spacial score (nSPS) is 12.1. The number of rotatable bonds is 6. The highest BCUT2D eigenvalue weighted by Gasteiger charge is 2.14. The average molecular weight is 219 g/mol. The van der Waals surface area contributed by atoms with Gasteiger partial charge < -0.3 is 10.5 Å². The Labute approximate surface area is 95.6 Å². The molecule has 1 aromatic carbocycles. The Bertz CT molecular complexity index is 359. The summed E-state index contributed by atoms with van der Waals surface area (Å²) in [6.45, 7) is 1.48. The second-order valence-corrected chi connectivity index (χ2v) is 3.96. The van der Waals surface area contributed by atoms with Crippen LogP contribution in [0.2, 0.25) is 0 Å². The third kappa shape index (κ3) is 4.36. The van der Waals surface area contributed by atoms with Crippen LogP contribution >= 0.6 is 0 Å². The average Bonchev–Trinajstić information content (AvgIpc) is 2.27. The number of carbonyl (C=O) groups excluding carboxylic acids is 2. The lowest BCUT2D eigenvalue weighted by molar-refractivity contribution is -0.124. The van der Waals surface area contributed by atoms with Crippen LogP contribution in [0.25, 0.3) is 0 Å². The molecule has 0 amide bonds. The number of hydrogen-bond donors (Lipinski definition) is 1. The lowest BCUT2D eigenvalue weighted by Crippen LogP contribution is -2.32. The van der Waals surface area contributed by atoms with Crippen LogP contribution in [0.5, 0.6) is 0 Å². The standard InChI is InChI=1S/C13H17NO2/c1-10(15)7-8-13(16)12(14)9-11-5-3-2-4-6-11/h2-6,12H,7-9,14H2,1H3/t12-/m0/s1. The van der Waals surface area contributed by atoms with E-state index in [0.717, 1.165) is 5.56 Å². The van der Waals surface area contributed by atoms with E-state index in [1.54, 1.807) is 0 Å². The van der Waals surface area contributed by atoms with E-state index in [-0.39, 0.29) is 18.0 Å². The SMILES string of the molecule is CC(=O)CCC(=O)[C@@H](N)Cc1ccccc1. The van der Waals surface area contributed by atoms with Crippen molar-refractivity contribution in [3.63, 3.8) is 0 Å². The lowest BCUT2D eigenvalue weighted by Gasteiger charge is -2.09. The fourth-order valence-corrected chi connectivity index (χ4v) is 1.47. The first-order valence-electron chi connectivity index (χ1n) is 5.41. The van der Waals surface area contributed by atoms with Crippen molar-refractivity contribution in [2.24, 2.45) is 5.73 Å². The highest BCUT2D eigenvalue weighted by atomic mass is 16.1. The molecule has 0 aliphatic rings. The molecule has 1 rings (SSSR count). The Morgan fingerprint density at radius 1 is 1.19 bits per heavy atom. The molecule has 0 aromatic heterocycles. The molecule has 0 spiro atoms. The minimum Gasteiger partial charge on any atom is -0.321 e. The molecule has 0 bridgehead atoms. The molecule has 0 aliphatic carbocycles. The minimum absolute atomic E-state index is 0.0280. The molecule has 0 aliphatic heterocycles. The van der Waals surface area contributed by atoms with Crippen molar-refractivity contribution in [3.8, 4) is 0 Å². The van der Waals surface area contributed by atoms with Crippen LogP contribution in [0.1, 0.15) is 25.3 Å². The van der Waals surface area contributed by atoms with E-state index >= 15 is 0 Å². The molecule has 0 saturated carbocycles. The number of benzene rings is 1. The molecule has 3 heteroatoms. The first-order chi connectivity index (χ1) is 7.59. The Morgan fingerprint density at radius 3 is 2.38 bits per heavy atom. The van der Waals surface area contributed by atoms with Crippen LogP contribution in [0.4, 0.5) is 0 Å². The highest BCUT2D eigenvalue weighted by Crippen LogP contribution is 2.04. The summed E-state index contributed by atoms with van der Waals surface area (Å²) in [5.41, 5.74) is 6.82. The van der Waals surface area contributed by atoms with Crippen LogP contribution in [-0.4, -0.2) is 17.6 Å². The van der Waals surface area contributed by atoms with Crippen molar-refractivity contribution in [2.75, 3.05) is 0 Å². The Balaban J connectivity index is 2.43. The molecule has 86 valence electrons. The van der Waals surface area contributed by atoms with Crippen molar-refractivity contribution in [1.82, 2.24) is 0 Å². The number of ketones is 2. The molecule has 1 atom stereocenters. The molecule has 0 fully saturated rings. The summed E-state index contributed by atoms with van der Waals surface area (Å²) in [6.07, 6.45) is 1.09. The molecule has 1 aromatic rings. The van der Waals surface area contributed by atoms with Gasteiger partial charge in [-0.2, -0.15) is 0 Å². The smallest absolute Gasteiger partial charge is 0.150 e. The van der Waals surface area contributed by atoms with Crippen molar-refractivity contribution >= 4 is 11.6 Å². The fourth-order valence-electron chi connectivity index (χ4n) is 1.47. The quantitative estimate of drug-likeness (QED) is 0.788. The van der Waals surface area contributed by atoms with Gasteiger partial charge in [0.1, 0.15) is 11.6 Å². The maximum absolute atomic E-state index is 11.6. The number of Topliss-reactive ketones (excluding diaryl/α,β-unsaturated/α-hetero) is 2. The first kappa shape index (κ1) is 12.6. The summed E-state index contributed by atoms with van der Waals surface area (Å²) in [5, 5.41) is 0. The third-order valence-corrected chi connectivity index (χ3v) is 2.44. The van der Waals surface area contributed by atoms with Gasteiger partial charge in [-0.3, -0.25) is 4.79 Å². The molecule has 0 radical (unpaired) electrons. The van der Waals surface area contributed by atoms with E-state index in [9.17, 15) is 9.59 Å². The number of nitrogens with two attached hydrogens (primary N) is 1. The zero-order chi connectivity index (χ0) is 12.0. The second-order valence-electron chi connectivity index (χ2n) is 3.96. The van der Waals surface area contributed by atoms with Gasteiger partial charge in [-0.15, -0.1) is 0 Å². The maximum Gasteiger partial charge on any atom is 0.150 e. The van der Waals surface area contributed by atoms with Gasteiger partial charge in [0.25, 0.3) is 0 Å². The van der Waals surface area contributed by atoms with Gasteiger partial charge in [0.2, 0.25) is 0 Å². The minimum atomic E-state index is -0.498. The summed E-state index contributed by atoms with van der Waals surface area (Å²) in [6, 6.07) is 9.15. The van der Waals surface area contributed by atoms with E-state index in [1.807, 2.05) is 30.3 Å². The van der Waals surface area contributed by atoms with E-state index in [1.165, 1.54) is 6.92 Å². The molecular weight excluding hydrogens is 202 g/mol. The molecular formula is C13H17NO2. The molecule has 16 heavy (non-hydrogen) atoms. The topological polar surface area (TPSA) is 60.2 Å². The Hall–Kier alpha value is -1.48. The summed E-state index contributed by atoms with van der Waals surface area (Å²) in [5.74, 6) is -0.0145. The van der Waals surface area contributed by atoms with Crippen LogP contribution in [0.3, 0.4) is 0 Å². The van der Waals surface area contributed by atoms with E-state index in [2.05, 4.69) is 0 Å². The van der Waals surface area contributed by atoms with Gasteiger partial charge in [-0.1, -0.05) is 30.3 Å². The summed E-state index contributed by atoms with van der Waals surface area (Å²) < 4.78 is 0. The summed E-state index contributed by atoms with van der Waals surface area (Å²) in [4.78, 5) is 22.3. The van der Waals surface area contributed by atoms with Gasteiger partial charge >= 0.3 is 0 Å². The van der Waals surface area contributed by atoms with Gasteiger partial charge in [-0.25, -0.2) is 0 Å². The van der Waals surface area contributed by atoms with Crippen LogP contribution < -0.4 is 5.73 Å². The Morgan fingerprint density at radius 2 is 1.81 bits per heavy atom. The van der Waals surface area contributed by atoms with Gasteiger partial charge in [0.05, 0.1) is 6.04 Å². The second kappa shape index (κ2) is 6.18. The predicted molar refractivity (Wildman–Crippen MR) is 63.0 cm³/mol. The van der Waals surface area contributed by atoms with E-state index in [4.69, 9.17) is 5.73 Å². The zero-order valence-corrected chi connectivity index (χ0v) is 9.48. The van der Waals surface area contributed by atoms with Crippen LogP contribution in [-0.2, 0) is 16.0 Å². The lowest BCUT2D eigenvalue weighted by atomic mass is 10.00. The Kier molecular flexibility index (Phi) is 4.86. The number of carbonyl (C=O) groups is 2. The van der Waals surface area contributed by atoms with E-state index in [0.29, 0.717) is 12.8 Å². The molecule has 2 N–H and O–H groups in total. The van der Waals surface area contributed by atoms with Crippen LogP contribution in [0, 0.1) is 0 Å². The largest absolute Gasteiger partial charge is 0.321 e. The summed E-state index contributed by atoms with van der Waals surface area (Å²) >= 11 is 0. The van der Waals surface area contributed by atoms with Crippen molar-refractivity contribution in [2.45, 2.75) is 32.2 Å². The zero-order valence-electron chi connectivity index (χ0n) is 9.48.